The van der Waals surface area contributed by atoms with Gasteiger partial charge in [-0.15, -0.1) is 0 Å². The average molecular weight is 792 g/mol. The van der Waals surface area contributed by atoms with Crippen LogP contribution in [0.5, 0.6) is 0 Å². The van der Waals surface area contributed by atoms with E-state index in [1.54, 1.807) is 0 Å². The molecule has 5 nitrogen and oxygen atoms in total. The highest BCUT2D eigenvalue weighted by Gasteiger charge is 2.17. The zero-order valence-corrected chi connectivity index (χ0v) is 33.6. The monoisotopic (exact) mass is 791 g/mol. The van der Waals surface area contributed by atoms with E-state index >= 15 is 0 Å². The number of hydrogen-bond acceptors (Lipinski definition) is 5. The molecule has 0 atom stereocenters. The Bertz CT molecular complexity index is 3120. The Labute approximate surface area is 361 Å². The molecule has 2 aromatic heterocycles. The Balaban J connectivity index is 1.13. The van der Waals surface area contributed by atoms with Gasteiger partial charge < -0.3 is 0 Å². The van der Waals surface area contributed by atoms with Crippen LogP contribution in [0.25, 0.3) is 101 Å². The van der Waals surface area contributed by atoms with Gasteiger partial charge >= 0.3 is 0 Å². The third-order valence-corrected chi connectivity index (χ3v) is 11.0. The molecule has 0 saturated carbocycles. The molecule has 0 aliphatic carbocycles. The van der Waals surface area contributed by atoms with Crippen LogP contribution in [0.4, 0.5) is 0 Å². The maximum atomic E-state index is 10.1. The fraction of sp³-hybridized carbons (Fsp3) is 0. The summed E-state index contributed by atoms with van der Waals surface area (Å²) in [4.78, 5) is 20.3. The van der Waals surface area contributed by atoms with Crippen LogP contribution >= 0.6 is 0 Å². The predicted molar refractivity (Wildman–Crippen MR) is 251 cm³/mol. The van der Waals surface area contributed by atoms with Gasteiger partial charge in [-0.25, -0.2) is 19.9 Å². The van der Waals surface area contributed by atoms with Gasteiger partial charge in [-0.05, 0) is 69.8 Å². The van der Waals surface area contributed by atoms with Gasteiger partial charge in [0.25, 0.3) is 0 Å². The average Bonchev–Trinajstić information content (AvgIpc) is 3.37. The van der Waals surface area contributed by atoms with Crippen molar-refractivity contribution in [3.05, 3.63) is 230 Å². The molecule has 10 aromatic rings. The minimum Gasteiger partial charge on any atom is -0.228 e. The lowest BCUT2D eigenvalue weighted by molar-refractivity contribution is 1.18. The fourth-order valence-corrected chi connectivity index (χ4v) is 7.86. The van der Waals surface area contributed by atoms with Crippen LogP contribution in [-0.4, -0.2) is 19.9 Å². The number of hydrogen-bond donors (Lipinski definition) is 0. The van der Waals surface area contributed by atoms with Crippen molar-refractivity contribution in [2.75, 3.05) is 0 Å². The molecular weight excluding hydrogens is 755 g/mol. The maximum Gasteiger partial charge on any atom is 0.160 e. The van der Waals surface area contributed by atoms with Gasteiger partial charge in [0, 0.05) is 33.4 Å². The molecular formula is C57H37N5. The molecule has 62 heavy (non-hydrogen) atoms. The van der Waals surface area contributed by atoms with Crippen molar-refractivity contribution in [1.29, 1.82) is 5.26 Å². The number of rotatable bonds is 9. The molecule has 0 aliphatic rings. The van der Waals surface area contributed by atoms with Gasteiger partial charge in [0.15, 0.2) is 11.6 Å². The summed E-state index contributed by atoms with van der Waals surface area (Å²) in [7, 11) is 0. The highest BCUT2D eigenvalue weighted by atomic mass is 14.9. The summed E-state index contributed by atoms with van der Waals surface area (Å²) in [5.74, 6) is 1.33. The van der Waals surface area contributed by atoms with Gasteiger partial charge in [-0.2, -0.15) is 5.26 Å². The van der Waals surface area contributed by atoms with Gasteiger partial charge in [-0.3, -0.25) is 0 Å². The zero-order valence-electron chi connectivity index (χ0n) is 33.6. The van der Waals surface area contributed by atoms with Gasteiger partial charge in [0.1, 0.15) is 0 Å². The number of nitrogens with zero attached hydrogens (tertiary/aromatic N) is 5. The predicted octanol–water partition coefficient (Wildman–Crippen LogP) is 14.1. The van der Waals surface area contributed by atoms with Crippen LogP contribution in [0.3, 0.4) is 0 Å². The van der Waals surface area contributed by atoms with Crippen LogP contribution in [0, 0.1) is 11.3 Å². The summed E-state index contributed by atoms with van der Waals surface area (Å²) in [6.45, 7) is 0. The zero-order chi connectivity index (χ0) is 41.7. The SMILES string of the molecule is N#Cc1ccccc1-c1ccc(-c2cccc(-c3cc(-c4ccccc4)nc(-c4ccccc4)n3)c2)c(-c2cccc(-c3cc(-c4ccccc4)nc(-c4ccccc4)n3)c2)c1. The van der Waals surface area contributed by atoms with Gasteiger partial charge in [0.2, 0.25) is 0 Å². The Morgan fingerprint density at radius 1 is 0.258 bits per heavy atom. The molecule has 8 aromatic carbocycles. The lowest BCUT2D eigenvalue weighted by atomic mass is 9.88. The number of benzene rings is 8. The summed E-state index contributed by atoms with van der Waals surface area (Å²) in [5.41, 5.74) is 15.8. The summed E-state index contributed by atoms with van der Waals surface area (Å²) >= 11 is 0. The van der Waals surface area contributed by atoms with Crippen molar-refractivity contribution in [1.82, 2.24) is 19.9 Å². The molecule has 0 bridgehead atoms. The van der Waals surface area contributed by atoms with Crippen molar-refractivity contribution in [2.45, 2.75) is 0 Å². The van der Waals surface area contributed by atoms with E-state index in [0.29, 0.717) is 17.2 Å². The van der Waals surface area contributed by atoms with Crippen LogP contribution in [0.2, 0.25) is 0 Å². The Kier molecular flexibility index (Phi) is 10.3. The molecule has 0 spiro atoms. The van der Waals surface area contributed by atoms with E-state index < -0.39 is 0 Å². The van der Waals surface area contributed by atoms with Crippen molar-refractivity contribution in [2.24, 2.45) is 0 Å². The van der Waals surface area contributed by atoms with Gasteiger partial charge in [-0.1, -0.05) is 188 Å². The van der Waals surface area contributed by atoms with E-state index in [-0.39, 0.29) is 0 Å². The molecule has 10 rings (SSSR count). The number of aromatic nitrogens is 4. The first kappa shape index (κ1) is 37.7. The molecule has 0 aliphatic heterocycles. The van der Waals surface area contributed by atoms with E-state index in [2.05, 4.69) is 109 Å². The normalized spacial score (nSPS) is 10.9. The van der Waals surface area contributed by atoms with Crippen molar-refractivity contribution >= 4 is 0 Å². The second-order valence-electron chi connectivity index (χ2n) is 15.0. The summed E-state index contributed by atoms with van der Waals surface area (Å²) in [5, 5.41) is 10.1. The van der Waals surface area contributed by atoms with Crippen molar-refractivity contribution in [3.8, 4) is 107 Å². The van der Waals surface area contributed by atoms with Crippen LogP contribution in [0.15, 0.2) is 224 Å². The first-order valence-electron chi connectivity index (χ1n) is 20.5. The molecule has 0 fully saturated rings. The summed E-state index contributed by atoms with van der Waals surface area (Å²) < 4.78 is 0. The second kappa shape index (κ2) is 16.9. The lowest BCUT2D eigenvalue weighted by Gasteiger charge is -2.16. The van der Waals surface area contributed by atoms with Gasteiger partial charge in [0.05, 0.1) is 34.4 Å². The molecule has 0 unspecified atom stereocenters. The topological polar surface area (TPSA) is 75.3 Å². The van der Waals surface area contributed by atoms with E-state index in [9.17, 15) is 5.26 Å². The van der Waals surface area contributed by atoms with E-state index in [1.165, 1.54) is 0 Å². The minimum absolute atomic E-state index is 0.622. The van der Waals surface area contributed by atoms with E-state index in [4.69, 9.17) is 19.9 Å². The highest BCUT2D eigenvalue weighted by molar-refractivity contribution is 5.90. The Morgan fingerprint density at radius 2 is 0.629 bits per heavy atom. The summed E-state index contributed by atoms with van der Waals surface area (Å²) in [6.07, 6.45) is 0. The molecule has 0 radical (unpaired) electrons. The molecule has 0 N–H and O–H groups in total. The van der Waals surface area contributed by atoms with Crippen LogP contribution in [0.1, 0.15) is 5.56 Å². The highest BCUT2D eigenvalue weighted by Crippen LogP contribution is 2.40. The first-order chi connectivity index (χ1) is 30.7. The molecule has 2 heterocycles. The molecule has 5 heteroatoms. The maximum absolute atomic E-state index is 10.1. The molecule has 0 amide bonds. The Morgan fingerprint density at radius 3 is 1.11 bits per heavy atom. The quantitative estimate of drug-likeness (QED) is 0.145. The fourth-order valence-electron chi connectivity index (χ4n) is 7.86. The second-order valence-corrected chi connectivity index (χ2v) is 15.0. The summed E-state index contributed by atoms with van der Waals surface area (Å²) in [6, 6.07) is 78.6. The number of nitriles is 1. The smallest absolute Gasteiger partial charge is 0.160 e. The standard InChI is InChI=1S/C57H37N5/c58-38-48-25-13-14-30-49(48)45-31-32-50(43-26-15-28-46(33-43)54-36-52(39-17-5-1-6-18-39)59-56(61-54)41-21-9-3-10-22-41)51(35-45)44-27-16-29-47(34-44)55-37-53(40-19-7-2-8-20-40)60-57(62-55)42-23-11-4-12-24-42/h1-37H. The third kappa shape index (κ3) is 7.80. The molecule has 290 valence electrons. The lowest BCUT2D eigenvalue weighted by Crippen LogP contribution is -1.96. The molecule has 0 saturated heterocycles. The minimum atomic E-state index is 0.622. The van der Waals surface area contributed by atoms with Crippen molar-refractivity contribution in [3.63, 3.8) is 0 Å². The van der Waals surface area contributed by atoms with Crippen LogP contribution < -0.4 is 0 Å². The van der Waals surface area contributed by atoms with Crippen molar-refractivity contribution < 1.29 is 0 Å². The van der Waals surface area contributed by atoms with Crippen LogP contribution in [-0.2, 0) is 0 Å². The Hall–Kier alpha value is -8.59. The first-order valence-corrected chi connectivity index (χ1v) is 20.5. The van der Waals surface area contributed by atoms with E-state index in [0.717, 1.165) is 89.5 Å². The van der Waals surface area contributed by atoms with E-state index in [1.807, 2.05) is 121 Å². The third-order valence-electron chi connectivity index (χ3n) is 11.0. The largest absolute Gasteiger partial charge is 0.228 e.